The summed E-state index contributed by atoms with van der Waals surface area (Å²) in [7, 11) is 0. The minimum Gasteiger partial charge on any atom is -0.334 e. The maximum absolute atomic E-state index is 13.2. The van der Waals surface area contributed by atoms with Crippen LogP contribution >= 0.6 is 0 Å². The minimum absolute atomic E-state index is 0.150. The summed E-state index contributed by atoms with van der Waals surface area (Å²) in [6.45, 7) is 8.03. The monoisotopic (exact) mass is 364 g/mol. The van der Waals surface area contributed by atoms with Crippen LogP contribution in [0.15, 0.2) is 24.5 Å². The molecule has 3 atom stereocenters. The average Bonchev–Trinajstić information content (AvgIpc) is 3.00. The number of hydrogen-bond donors (Lipinski definition) is 0. The maximum atomic E-state index is 13.2. The van der Waals surface area contributed by atoms with Crippen LogP contribution in [-0.2, 0) is 17.8 Å². The molecule has 2 fully saturated rings. The van der Waals surface area contributed by atoms with Crippen molar-refractivity contribution >= 4 is 5.91 Å². The van der Waals surface area contributed by atoms with E-state index < -0.39 is 0 Å². The summed E-state index contributed by atoms with van der Waals surface area (Å²) in [5.74, 6) is 1.58. The van der Waals surface area contributed by atoms with E-state index in [1.54, 1.807) is 6.20 Å². The van der Waals surface area contributed by atoms with E-state index in [1.807, 2.05) is 16.9 Å². The van der Waals surface area contributed by atoms with Crippen molar-refractivity contribution in [2.75, 3.05) is 6.54 Å². The number of carbonyl (C=O) groups excluding carboxylic acids is 1. The summed E-state index contributed by atoms with van der Waals surface area (Å²) in [6, 6.07) is 4.20. The summed E-state index contributed by atoms with van der Waals surface area (Å²) < 4.78 is 2.00. The zero-order valence-corrected chi connectivity index (χ0v) is 16.5. The van der Waals surface area contributed by atoms with Crippen LogP contribution in [0.4, 0.5) is 0 Å². The standard InChI is InChI=1S/C22H28N4O/c1-14-20-18(11-16-21(20)22(16,2)3)26(24-14)13-19(27)25-10-5-4-8-17(25)15-7-6-9-23-12-15/h6-7,9,12,16-17,21H,4-5,8,10-11,13H2,1-3H3/t16-,17-,21+/m0/s1. The highest BCUT2D eigenvalue weighted by molar-refractivity contribution is 5.77. The number of likely N-dealkylation sites (tertiary alicyclic amines) is 1. The van der Waals surface area contributed by atoms with Crippen molar-refractivity contribution in [2.24, 2.45) is 11.3 Å². The molecule has 2 aromatic heterocycles. The number of piperidine rings is 1. The molecule has 1 saturated heterocycles. The first-order valence-corrected chi connectivity index (χ1v) is 10.2. The van der Waals surface area contributed by atoms with E-state index in [4.69, 9.17) is 5.10 Å². The molecule has 1 saturated carbocycles. The van der Waals surface area contributed by atoms with Gasteiger partial charge in [-0.2, -0.15) is 5.10 Å². The summed E-state index contributed by atoms with van der Waals surface area (Å²) in [4.78, 5) is 19.5. The van der Waals surface area contributed by atoms with Crippen LogP contribution in [-0.4, -0.2) is 32.1 Å². The Hall–Kier alpha value is -2.17. The van der Waals surface area contributed by atoms with Gasteiger partial charge in [0, 0.05) is 30.2 Å². The first-order valence-electron chi connectivity index (χ1n) is 10.2. The van der Waals surface area contributed by atoms with Crippen molar-refractivity contribution < 1.29 is 4.79 Å². The molecule has 2 aliphatic carbocycles. The lowest BCUT2D eigenvalue weighted by molar-refractivity contribution is -0.136. The van der Waals surface area contributed by atoms with E-state index in [2.05, 4.69) is 36.7 Å². The lowest BCUT2D eigenvalue weighted by atomic mass is 9.96. The fourth-order valence-electron chi connectivity index (χ4n) is 5.67. The molecule has 1 aliphatic heterocycles. The van der Waals surface area contributed by atoms with Gasteiger partial charge in [-0.05, 0) is 61.5 Å². The molecule has 3 aliphatic rings. The Morgan fingerprint density at radius 3 is 2.96 bits per heavy atom. The smallest absolute Gasteiger partial charge is 0.244 e. The Morgan fingerprint density at radius 2 is 2.19 bits per heavy atom. The number of amides is 1. The third-order valence-electron chi connectivity index (χ3n) is 7.24. The number of rotatable bonds is 3. The molecule has 142 valence electrons. The van der Waals surface area contributed by atoms with Gasteiger partial charge in [0.15, 0.2) is 0 Å². The van der Waals surface area contributed by atoms with Crippen LogP contribution in [0, 0.1) is 18.3 Å². The minimum atomic E-state index is 0.150. The summed E-state index contributed by atoms with van der Waals surface area (Å²) in [5, 5.41) is 4.76. The van der Waals surface area contributed by atoms with E-state index in [0.717, 1.165) is 49.4 Å². The van der Waals surface area contributed by atoms with Crippen molar-refractivity contribution in [3.05, 3.63) is 47.0 Å². The third kappa shape index (κ3) is 2.54. The Labute approximate surface area is 160 Å². The van der Waals surface area contributed by atoms with Gasteiger partial charge in [-0.1, -0.05) is 19.9 Å². The predicted octanol–water partition coefficient (Wildman–Crippen LogP) is 3.64. The predicted molar refractivity (Wildman–Crippen MR) is 103 cm³/mol. The van der Waals surface area contributed by atoms with Crippen LogP contribution in [0.1, 0.15) is 67.6 Å². The number of fused-ring (bicyclic) bond motifs is 3. The molecule has 1 amide bonds. The molecule has 5 rings (SSSR count). The molecular weight excluding hydrogens is 336 g/mol. The average molecular weight is 364 g/mol. The van der Waals surface area contributed by atoms with Crippen molar-refractivity contribution in [3.63, 3.8) is 0 Å². The van der Waals surface area contributed by atoms with Gasteiger partial charge in [0.25, 0.3) is 0 Å². The number of carbonyl (C=O) groups is 1. The number of aromatic nitrogens is 3. The van der Waals surface area contributed by atoms with Gasteiger partial charge in [-0.3, -0.25) is 14.5 Å². The van der Waals surface area contributed by atoms with E-state index in [9.17, 15) is 4.79 Å². The van der Waals surface area contributed by atoms with Gasteiger partial charge >= 0.3 is 0 Å². The van der Waals surface area contributed by atoms with E-state index in [-0.39, 0.29) is 11.9 Å². The third-order valence-corrected chi connectivity index (χ3v) is 7.24. The highest BCUT2D eigenvalue weighted by Crippen LogP contribution is 2.70. The van der Waals surface area contributed by atoms with Crippen molar-refractivity contribution in [3.8, 4) is 0 Å². The fraction of sp³-hybridized carbons (Fsp3) is 0.591. The molecule has 0 unspecified atom stereocenters. The highest BCUT2D eigenvalue weighted by atomic mass is 16.2. The quantitative estimate of drug-likeness (QED) is 0.835. The van der Waals surface area contributed by atoms with Crippen molar-refractivity contribution in [2.45, 2.75) is 65.0 Å². The second kappa shape index (κ2) is 5.91. The van der Waals surface area contributed by atoms with Gasteiger partial charge in [-0.15, -0.1) is 0 Å². The first kappa shape index (κ1) is 17.0. The molecule has 5 nitrogen and oxygen atoms in total. The molecule has 0 spiro atoms. The van der Waals surface area contributed by atoms with Gasteiger partial charge in [0.1, 0.15) is 6.54 Å². The van der Waals surface area contributed by atoms with Crippen molar-refractivity contribution in [1.29, 1.82) is 0 Å². The summed E-state index contributed by atoms with van der Waals surface area (Å²) in [5.41, 5.74) is 5.42. The number of pyridine rings is 1. The Bertz CT molecular complexity index is 885. The Kier molecular flexibility index (Phi) is 3.72. The van der Waals surface area contributed by atoms with Crippen molar-refractivity contribution in [1.82, 2.24) is 19.7 Å². The first-order chi connectivity index (χ1) is 13.0. The van der Waals surface area contributed by atoms with Gasteiger partial charge in [0.2, 0.25) is 5.91 Å². The van der Waals surface area contributed by atoms with Gasteiger partial charge in [0.05, 0.1) is 11.7 Å². The Balaban J connectivity index is 1.38. The van der Waals surface area contributed by atoms with Crippen LogP contribution in [0.2, 0.25) is 0 Å². The Morgan fingerprint density at radius 1 is 1.33 bits per heavy atom. The SMILES string of the molecule is Cc1nn(CC(=O)N2CCCC[C@H]2c2cccnc2)c2c1[C@H]1[C@H](C2)C1(C)C. The largest absolute Gasteiger partial charge is 0.334 e. The number of nitrogens with zero attached hydrogens (tertiary/aromatic N) is 4. The number of aryl methyl sites for hydroxylation is 1. The van der Waals surface area contributed by atoms with Gasteiger partial charge in [-0.25, -0.2) is 0 Å². The molecule has 3 heterocycles. The second-order valence-electron chi connectivity index (χ2n) is 9.10. The molecule has 0 aromatic carbocycles. The summed E-state index contributed by atoms with van der Waals surface area (Å²) in [6.07, 6.45) is 8.04. The zero-order chi connectivity index (χ0) is 18.8. The summed E-state index contributed by atoms with van der Waals surface area (Å²) >= 11 is 0. The lowest BCUT2D eigenvalue weighted by Gasteiger charge is -2.36. The van der Waals surface area contributed by atoms with Crippen LogP contribution in [0.5, 0.6) is 0 Å². The van der Waals surface area contributed by atoms with Crippen LogP contribution in [0.3, 0.4) is 0 Å². The molecule has 27 heavy (non-hydrogen) atoms. The topological polar surface area (TPSA) is 51.0 Å². The van der Waals surface area contributed by atoms with Crippen LogP contribution < -0.4 is 0 Å². The molecule has 0 radical (unpaired) electrons. The van der Waals surface area contributed by atoms with Gasteiger partial charge < -0.3 is 4.90 Å². The van der Waals surface area contributed by atoms with E-state index in [0.29, 0.717) is 17.9 Å². The maximum Gasteiger partial charge on any atom is 0.244 e. The molecule has 0 bridgehead atoms. The molecule has 0 N–H and O–H groups in total. The zero-order valence-electron chi connectivity index (χ0n) is 16.5. The fourth-order valence-corrected chi connectivity index (χ4v) is 5.67. The molecular formula is C22H28N4O. The normalized spacial score (nSPS) is 28.0. The molecule has 5 heteroatoms. The van der Waals surface area contributed by atoms with Crippen LogP contribution in [0.25, 0.3) is 0 Å². The highest BCUT2D eigenvalue weighted by Gasteiger charge is 2.63. The second-order valence-corrected chi connectivity index (χ2v) is 9.10. The van der Waals surface area contributed by atoms with E-state index in [1.165, 1.54) is 11.3 Å². The number of hydrogen-bond acceptors (Lipinski definition) is 3. The lowest BCUT2D eigenvalue weighted by Crippen LogP contribution is -2.40. The van der Waals surface area contributed by atoms with E-state index >= 15 is 0 Å². The molecule has 2 aromatic rings.